The van der Waals surface area contributed by atoms with Gasteiger partial charge in [0.25, 0.3) is 0 Å². The van der Waals surface area contributed by atoms with Gasteiger partial charge in [0, 0.05) is 12.0 Å². The van der Waals surface area contributed by atoms with Gasteiger partial charge in [-0.05, 0) is 18.2 Å². The van der Waals surface area contributed by atoms with Gasteiger partial charge < -0.3 is 14.2 Å². The largest absolute Gasteiger partial charge is 0.497 e. The van der Waals surface area contributed by atoms with E-state index in [1.807, 2.05) is 18.2 Å². The number of rotatable bonds is 4. The van der Waals surface area contributed by atoms with Crippen LogP contribution in [-0.4, -0.2) is 26.9 Å². The standard InChI is InChI=1S/C11H14O3/c1-12-9-3-4-11(13-2)8(5-9)6-10-7-14-10/h3-5,10H,6-7H2,1-2H3/t10-/m0/s1. The molecule has 2 rings (SSSR count). The van der Waals surface area contributed by atoms with E-state index in [1.165, 1.54) is 0 Å². The van der Waals surface area contributed by atoms with E-state index < -0.39 is 0 Å². The van der Waals surface area contributed by atoms with Crippen LogP contribution in [-0.2, 0) is 11.2 Å². The molecule has 1 atom stereocenters. The lowest BCUT2D eigenvalue weighted by Crippen LogP contribution is -1.98. The summed E-state index contributed by atoms with van der Waals surface area (Å²) in [5, 5.41) is 0. The SMILES string of the molecule is COc1ccc(OC)c(C[C@H]2CO2)c1. The predicted molar refractivity (Wildman–Crippen MR) is 53.0 cm³/mol. The molecule has 3 heteroatoms. The van der Waals surface area contributed by atoms with Gasteiger partial charge in [-0.25, -0.2) is 0 Å². The first-order valence-corrected chi connectivity index (χ1v) is 4.66. The molecule has 0 unspecified atom stereocenters. The Hall–Kier alpha value is -1.22. The van der Waals surface area contributed by atoms with E-state index in [2.05, 4.69) is 0 Å². The van der Waals surface area contributed by atoms with Gasteiger partial charge in [0.2, 0.25) is 0 Å². The fraction of sp³-hybridized carbons (Fsp3) is 0.455. The third kappa shape index (κ3) is 1.99. The van der Waals surface area contributed by atoms with E-state index in [0.717, 1.165) is 30.1 Å². The quantitative estimate of drug-likeness (QED) is 0.683. The molecule has 1 aromatic rings. The number of ether oxygens (including phenoxy) is 3. The Bertz CT molecular complexity index is 318. The molecular weight excluding hydrogens is 180 g/mol. The molecule has 0 N–H and O–H groups in total. The minimum absolute atomic E-state index is 0.371. The van der Waals surface area contributed by atoms with Crippen molar-refractivity contribution in [3.05, 3.63) is 23.8 Å². The summed E-state index contributed by atoms with van der Waals surface area (Å²) in [5.41, 5.74) is 1.15. The number of epoxide rings is 1. The topological polar surface area (TPSA) is 31.0 Å². The average Bonchev–Trinajstić information content (AvgIpc) is 3.01. The van der Waals surface area contributed by atoms with E-state index in [1.54, 1.807) is 14.2 Å². The highest BCUT2D eigenvalue weighted by molar-refractivity contribution is 5.40. The maximum Gasteiger partial charge on any atom is 0.122 e. The summed E-state index contributed by atoms with van der Waals surface area (Å²) in [4.78, 5) is 0. The van der Waals surface area contributed by atoms with Gasteiger partial charge in [-0.15, -0.1) is 0 Å². The summed E-state index contributed by atoms with van der Waals surface area (Å²) in [6, 6.07) is 5.83. The molecular formula is C11H14O3. The predicted octanol–water partition coefficient (Wildman–Crippen LogP) is 1.65. The van der Waals surface area contributed by atoms with Gasteiger partial charge in [-0.3, -0.25) is 0 Å². The van der Waals surface area contributed by atoms with Crippen LogP contribution in [0.5, 0.6) is 11.5 Å². The Morgan fingerprint density at radius 3 is 2.71 bits per heavy atom. The Morgan fingerprint density at radius 1 is 1.36 bits per heavy atom. The van der Waals surface area contributed by atoms with E-state index in [4.69, 9.17) is 14.2 Å². The first-order chi connectivity index (χ1) is 6.83. The zero-order valence-electron chi connectivity index (χ0n) is 8.45. The Kier molecular flexibility index (Phi) is 2.59. The summed E-state index contributed by atoms with van der Waals surface area (Å²) in [5.74, 6) is 1.77. The second-order valence-corrected chi connectivity index (χ2v) is 3.34. The molecule has 14 heavy (non-hydrogen) atoms. The van der Waals surface area contributed by atoms with Gasteiger partial charge >= 0.3 is 0 Å². The zero-order valence-corrected chi connectivity index (χ0v) is 8.45. The van der Waals surface area contributed by atoms with Gasteiger partial charge in [0.05, 0.1) is 26.9 Å². The Morgan fingerprint density at radius 2 is 2.14 bits per heavy atom. The van der Waals surface area contributed by atoms with Crippen molar-refractivity contribution in [1.29, 1.82) is 0 Å². The summed E-state index contributed by atoms with van der Waals surface area (Å²) < 4.78 is 15.6. The van der Waals surface area contributed by atoms with Crippen molar-refractivity contribution >= 4 is 0 Å². The number of benzene rings is 1. The second kappa shape index (κ2) is 3.88. The average molecular weight is 194 g/mol. The van der Waals surface area contributed by atoms with Crippen molar-refractivity contribution in [2.75, 3.05) is 20.8 Å². The lowest BCUT2D eigenvalue weighted by molar-refractivity contribution is 0.385. The van der Waals surface area contributed by atoms with Gasteiger partial charge in [0.1, 0.15) is 11.5 Å². The smallest absolute Gasteiger partial charge is 0.122 e. The molecule has 1 aliphatic rings. The monoisotopic (exact) mass is 194 g/mol. The van der Waals surface area contributed by atoms with Crippen LogP contribution in [0.15, 0.2) is 18.2 Å². The van der Waals surface area contributed by atoms with Crippen molar-refractivity contribution in [1.82, 2.24) is 0 Å². The molecule has 3 nitrogen and oxygen atoms in total. The zero-order chi connectivity index (χ0) is 9.97. The number of hydrogen-bond donors (Lipinski definition) is 0. The minimum atomic E-state index is 0.371. The van der Waals surface area contributed by atoms with Crippen LogP contribution in [0.4, 0.5) is 0 Å². The van der Waals surface area contributed by atoms with Gasteiger partial charge in [-0.1, -0.05) is 0 Å². The third-order valence-corrected chi connectivity index (χ3v) is 2.34. The van der Waals surface area contributed by atoms with Crippen molar-refractivity contribution in [2.45, 2.75) is 12.5 Å². The fourth-order valence-corrected chi connectivity index (χ4v) is 1.47. The van der Waals surface area contributed by atoms with E-state index in [0.29, 0.717) is 6.10 Å². The van der Waals surface area contributed by atoms with Crippen LogP contribution < -0.4 is 9.47 Å². The summed E-state index contributed by atoms with van der Waals surface area (Å²) in [6.07, 6.45) is 1.27. The van der Waals surface area contributed by atoms with Crippen LogP contribution in [0.2, 0.25) is 0 Å². The van der Waals surface area contributed by atoms with Crippen molar-refractivity contribution in [2.24, 2.45) is 0 Å². The summed E-state index contributed by atoms with van der Waals surface area (Å²) >= 11 is 0. The normalized spacial score (nSPS) is 19.1. The van der Waals surface area contributed by atoms with Crippen LogP contribution in [0.3, 0.4) is 0 Å². The number of methoxy groups -OCH3 is 2. The highest BCUT2D eigenvalue weighted by Gasteiger charge is 2.24. The Labute approximate surface area is 83.6 Å². The van der Waals surface area contributed by atoms with Crippen molar-refractivity contribution < 1.29 is 14.2 Å². The lowest BCUT2D eigenvalue weighted by atomic mass is 10.1. The maximum absolute atomic E-state index is 5.26. The summed E-state index contributed by atoms with van der Waals surface area (Å²) in [6.45, 7) is 0.861. The molecule has 0 radical (unpaired) electrons. The van der Waals surface area contributed by atoms with Gasteiger partial charge in [0.15, 0.2) is 0 Å². The molecule has 1 fully saturated rings. The molecule has 76 valence electrons. The second-order valence-electron chi connectivity index (χ2n) is 3.34. The summed E-state index contributed by atoms with van der Waals surface area (Å²) in [7, 11) is 3.35. The first-order valence-electron chi connectivity index (χ1n) is 4.66. The molecule has 0 bridgehead atoms. The molecule has 1 aliphatic heterocycles. The van der Waals surface area contributed by atoms with Crippen LogP contribution >= 0.6 is 0 Å². The molecule has 0 aliphatic carbocycles. The molecule has 1 aromatic carbocycles. The first kappa shape index (κ1) is 9.34. The molecule has 1 saturated heterocycles. The highest BCUT2D eigenvalue weighted by Crippen LogP contribution is 2.27. The van der Waals surface area contributed by atoms with Crippen LogP contribution in [0, 0.1) is 0 Å². The van der Waals surface area contributed by atoms with Crippen LogP contribution in [0.25, 0.3) is 0 Å². The molecule has 0 spiro atoms. The van der Waals surface area contributed by atoms with Crippen molar-refractivity contribution in [3.8, 4) is 11.5 Å². The third-order valence-electron chi connectivity index (χ3n) is 2.34. The molecule has 0 saturated carbocycles. The minimum Gasteiger partial charge on any atom is -0.497 e. The maximum atomic E-state index is 5.26. The molecule has 1 heterocycles. The van der Waals surface area contributed by atoms with E-state index in [9.17, 15) is 0 Å². The highest BCUT2D eigenvalue weighted by atomic mass is 16.6. The van der Waals surface area contributed by atoms with Crippen molar-refractivity contribution in [3.63, 3.8) is 0 Å². The molecule has 0 aromatic heterocycles. The van der Waals surface area contributed by atoms with E-state index >= 15 is 0 Å². The fourth-order valence-electron chi connectivity index (χ4n) is 1.47. The molecule has 0 amide bonds. The number of hydrogen-bond acceptors (Lipinski definition) is 3. The van der Waals surface area contributed by atoms with Crippen LogP contribution in [0.1, 0.15) is 5.56 Å². The van der Waals surface area contributed by atoms with Gasteiger partial charge in [-0.2, -0.15) is 0 Å². The van der Waals surface area contributed by atoms with E-state index in [-0.39, 0.29) is 0 Å². The Balaban J connectivity index is 2.21. The lowest BCUT2D eigenvalue weighted by Gasteiger charge is -2.08.